The first-order valence-corrected chi connectivity index (χ1v) is 8.87. The lowest BCUT2D eigenvalue weighted by atomic mass is 10.0. The van der Waals surface area contributed by atoms with Crippen molar-refractivity contribution in [1.82, 2.24) is 4.90 Å². The average Bonchev–Trinajstić information content (AvgIpc) is 2.67. The summed E-state index contributed by atoms with van der Waals surface area (Å²) in [5.74, 6) is -2.67. The standard InChI is InChI=1S/C20H24N4O4/c21-12-2-1-3-17(20(27)28)24(18(25)13-4-8-15(22)9-5-13)19(26)14-6-10-16(23)11-7-14/h4-11,17H,1-3,12,21-23H2,(H,27,28). The third-order valence-electron chi connectivity index (χ3n) is 4.28. The normalized spacial score (nSPS) is 11.6. The summed E-state index contributed by atoms with van der Waals surface area (Å²) in [6.07, 6.45) is 1.16. The fourth-order valence-corrected chi connectivity index (χ4v) is 2.75. The lowest BCUT2D eigenvalue weighted by molar-refractivity contribution is -0.141. The molecule has 0 radical (unpaired) electrons. The monoisotopic (exact) mass is 384 g/mol. The summed E-state index contributed by atoms with van der Waals surface area (Å²) < 4.78 is 0. The van der Waals surface area contributed by atoms with Crippen molar-refractivity contribution in [3.63, 3.8) is 0 Å². The van der Waals surface area contributed by atoms with Crippen molar-refractivity contribution in [2.75, 3.05) is 18.0 Å². The van der Waals surface area contributed by atoms with Gasteiger partial charge in [0.2, 0.25) is 0 Å². The van der Waals surface area contributed by atoms with E-state index in [2.05, 4.69) is 0 Å². The molecule has 0 fully saturated rings. The predicted molar refractivity (Wildman–Crippen MR) is 107 cm³/mol. The van der Waals surface area contributed by atoms with Crippen molar-refractivity contribution in [2.24, 2.45) is 5.73 Å². The number of hydrogen-bond acceptors (Lipinski definition) is 6. The van der Waals surface area contributed by atoms with Crippen LogP contribution in [0.5, 0.6) is 0 Å². The van der Waals surface area contributed by atoms with Gasteiger partial charge in [0.1, 0.15) is 6.04 Å². The lowest BCUT2D eigenvalue weighted by Crippen LogP contribution is -2.48. The fraction of sp³-hybridized carbons (Fsp3) is 0.250. The third-order valence-corrected chi connectivity index (χ3v) is 4.28. The topological polar surface area (TPSA) is 153 Å². The molecule has 1 unspecified atom stereocenters. The number of carboxylic acid groups (broad SMARTS) is 1. The van der Waals surface area contributed by atoms with E-state index in [1.807, 2.05) is 0 Å². The number of nitrogens with two attached hydrogens (primary N) is 3. The molecule has 0 saturated carbocycles. The van der Waals surface area contributed by atoms with Crippen LogP contribution in [0.25, 0.3) is 0 Å². The maximum atomic E-state index is 13.1. The molecule has 7 N–H and O–H groups in total. The highest BCUT2D eigenvalue weighted by Gasteiger charge is 2.35. The Morgan fingerprint density at radius 1 is 0.821 bits per heavy atom. The van der Waals surface area contributed by atoms with Gasteiger partial charge in [0, 0.05) is 22.5 Å². The van der Waals surface area contributed by atoms with Gasteiger partial charge in [0.15, 0.2) is 0 Å². The van der Waals surface area contributed by atoms with Gasteiger partial charge in [-0.15, -0.1) is 0 Å². The van der Waals surface area contributed by atoms with E-state index in [0.717, 1.165) is 4.90 Å². The molecule has 0 aromatic heterocycles. The summed E-state index contributed by atoms with van der Waals surface area (Å²) in [7, 11) is 0. The Bertz CT molecular complexity index is 777. The van der Waals surface area contributed by atoms with E-state index < -0.39 is 23.8 Å². The van der Waals surface area contributed by atoms with Crippen LogP contribution in [-0.4, -0.2) is 40.4 Å². The van der Waals surface area contributed by atoms with Crippen LogP contribution in [-0.2, 0) is 4.79 Å². The van der Waals surface area contributed by atoms with Crippen molar-refractivity contribution < 1.29 is 19.5 Å². The molecule has 2 aromatic rings. The molecule has 2 aromatic carbocycles. The van der Waals surface area contributed by atoms with Gasteiger partial charge in [-0.2, -0.15) is 0 Å². The molecule has 2 amide bonds. The van der Waals surface area contributed by atoms with Gasteiger partial charge in [-0.05, 0) is 74.3 Å². The first kappa shape index (κ1) is 20.9. The fourth-order valence-electron chi connectivity index (χ4n) is 2.75. The maximum absolute atomic E-state index is 13.1. The van der Waals surface area contributed by atoms with Crippen LogP contribution >= 0.6 is 0 Å². The van der Waals surface area contributed by atoms with Gasteiger partial charge in [0.05, 0.1) is 0 Å². The van der Waals surface area contributed by atoms with Crippen LogP contribution in [0.4, 0.5) is 11.4 Å². The summed E-state index contributed by atoms with van der Waals surface area (Å²) in [5.41, 5.74) is 18.0. The Labute approximate surface area is 162 Å². The zero-order valence-electron chi connectivity index (χ0n) is 15.4. The second-order valence-electron chi connectivity index (χ2n) is 6.36. The summed E-state index contributed by atoms with van der Waals surface area (Å²) in [6.45, 7) is 0.393. The first-order valence-electron chi connectivity index (χ1n) is 8.87. The highest BCUT2D eigenvalue weighted by molar-refractivity contribution is 6.12. The van der Waals surface area contributed by atoms with Gasteiger partial charge in [-0.3, -0.25) is 14.5 Å². The minimum Gasteiger partial charge on any atom is -0.480 e. The number of benzene rings is 2. The van der Waals surface area contributed by atoms with Crippen LogP contribution in [0.3, 0.4) is 0 Å². The van der Waals surface area contributed by atoms with Gasteiger partial charge in [0.25, 0.3) is 11.8 Å². The minimum atomic E-state index is -1.32. The Morgan fingerprint density at radius 2 is 1.25 bits per heavy atom. The number of carboxylic acids is 1. The minimum absolute atomic E-state index is 0.105. The second-order valence-corrected chi connectivity index (χ2v) is 6.36. The molecule has 0 aliphatic rings. The van der Waals surface area contributed by atoms with E-state index in [4.69, 9.17) is 17.2 Å². The van der Waals surface area contributed by atoms with Crippen LogP contribution < -0.4 is 17.2 Å². The Morgan fingerprint density at radius 3 is 1.61 bits per heavy atom. The van der Waals surface area contributed by atoms with Crippen molar-refractivity contribution in [2.45, 2.75) is 25.3 Å². The number of amides is 2. The summed E-state index contributed by atoms with van der Waals surface area (Å²) in [4.78, 5) is 38.8. The number of anilines is 2. The third kappa shape index (κ3) is 5.08. The molecular formula is C20H24N4O4. The summed E-state index contributed by atoms with van der Waals surface area (Å²) in [6, 6.07) is 10.6. The first-order chi connectivity index (χ1) is 13.3. The van der Waals surface area contributed by atoms with Crippen molar-refractivity contribution >= 4 is 29.2 Å². The molecule has 0 aliphatic heterocycles. The second kappa shape index (κ2) is 9.52. The largest absolute Gasteiger partial charge is 0.480 e. The van der Waals surface area contributed by atoms with Gasteiger partial charge in [-0.25, -0.2) is 4.79 Å². The molecule has 28 heavy (non-hydrogen) atoms. The van der Waals surface area contributed by atoms with Crippen molar-refractivity contribution in [1.29, 1.82) is 0 Å². The number of rotatable bonds is 8. The summed E-state index contributed by atoms with van der Waals surface area (Å²) >= 11 is 0. The average molecular weight is 384 g/mol. The smallest absolute Gasteiger partial charge is 0.326 e. The molecule has 0 saturated heterocycles. The van der Waals surface area contributed by atoms with E-state index in [0.29, 0.717) is 30.8 Å². The van der Waals surface area contributed by atoms with E-state index in [-0.39, 0.29) is 17.5 Å². The van der Waals surface area contributed by atoms with Gasteiger partial charge >= 0.3 is 5.97 Å². The highest BCUT2D eigenvalue weighted by atomic mass is 16.4. The molecule has 2 rings (SSSR count). The van der Waals surface area contributed by atoms with Crippen LogP contribution in [0.2, 0.25) is 0 Å². The number of carbonyl (C=O) groups excluding carboxylic acids is 2. The number of unbranched alkanes of at least 4 members (excludes halogenated alkanes) is 1. The van der Waals surface area contributed by atoms with Crippen LogP contribution in [0, 0.1) is 0 Å². The molecule has 0 heterocycles. The van der Waals surface area contributed by atoms with E-state index in [1.165, 1.54) is 48.5 Å². The van der Waals surface area contributed by atoms with Crippen LogP contribution in [0.15, 0.2) is 48.5 Å². The number of hydrogen-bond donors (Lipinski definition) is 4. The molecular weight excluding hydrogens is 360 g/mol. The Kier molecular flexibility index (Phi) is 7.11. The summed E-state index contributed by atoms with van der Waals surface area (Å²) in [5, 5.41) is 9.71. The lowest BCUT2D eigenvalue weighted by Gasteiger charge is -2.27. The van der Waals surface area contributed by atoms with Gasteiger partial charge in [-0.1, -0.05) is 0 Å². The van der Waals surface area contributed by atoms with Crippen LogP contribution in [0.1, 0.15) is 40.0 Å². The van der Waals surface area contributed by atoms with Crippen molar-refractivity contribution in [3.8, 4) is 0 Å². The molecule has 148 valence electrons. The molecule has 0 aliphatic carbocycles. The number of aliphatic carboxylic acids is 1. The Hall–Kier alpha value is -3.39. The number of nitrogens with zero attached hydrogens (tertiary/aromatic N) is 1. The Balaban J connectivity index is 2.44. The predicted octanol–water partition coefficient (Wildman–Crippen LogP) is 1.72. The molecule has 0 bridgehead atoms. The maximum Gasteiger partial charge on any atom is 0.326 e. The molecule has 8 nitrogen and oxygen atoms in total. The van der Waals surface area contributed by atoms with Gasteiger partial charge < -0.3 is 22.3 Å². The number of nitrogen functional groups attached to an aromatic ring is 2. The van der Waals surface area contributed by atoms with E-state index >= 15 is 0 Å². The zero-order chi connectivity index (χ0) is 20.7. The number of carbonyl (C=O) groups is 3. The van der Waals surface area contributed by atoms with Crippen molar-refractivity contribution in [3.05, 3.63) is 59.7 Å². The zero-order valence-corrected chi connectivity index (χ0v) is 15.4. The quantitative estimate of drug-likeness (QED) is 0.307. The molecule has 0 spiro atoms. The SMILES string of the molecule is NCCCCC(C(=O)O)N(C(=O)c1ccc(N)cc1)C(=O)c1ccc(N)cc1. The molecule has 1 atom stereocenters. The van der Waals surface area contributed by atoms with E-state index in [1.54, 1.807) is 0 Å². The molecule has 8 heteroatoms. The van der Waals surface area contributed by atoms with E-state index in [9.17, 15) is 19.5 Å². The number of imide groups is 1. The highest BCUT2D eigenvalue weighted by Crippen LogP contribution is 2.19.